The molecule has 8 atom stereocenters. The molecule has 14 nitrogen and oxygen atoms in total. The number of ether oxygens (including phenoxy) is 3. The Labute approximate surface area is 325 Å². The maximum atomic E-state index is 14.3. The number of carbonyl (C=O) groups excluding carboxylic acids is 4. The lowest BCUT2D eigenvalue weighted by Gasteiger charge is -2.41. The zero-order valence-corrected chi connectivity index (χ0v) is 33.7. The van der Waals surface area contributed by atoms with Crippen molar-refractivity contribution in [1.29, 1.82) is 0 Å². The molecule has 2 saturated heterocycles. The van der Waals surface area contributed by atoms with Crippen molar-refractivity contribution in [2.45, 2.75) is 110 Å². The molecule has 0 spiro atoms. The van der Waals surface area contributed by atoms with E-state index in [9.17, 15) is 19.2 Å². The molecular weight excluding hydrogens is 737 g/mol. The van der Waals surface area contributed by atoms with Gasteiger partial charge in [-0.1, -0.05) is 57.8 Å². The van der Waals surface area contributed by atoms with E-state index in [1.165, 1.54) is 18.6 Å². The van der Waals surface area contributed by atoms with Crippen molar-refractivity contribution in [3.8, 4) is 0 Å². The fourth-order valence-corrected chi connectivity index (χ4v) is 8.99. The third-order valence-corrected chi connectivity index (χ3v) is 11.7. The number of carbonyl (C=O) groups is 4. The summed E-state index contributed by atoms with van der Waals surface area (Å²) in [6.07, 6.45) is 6.70. The quantitative estimate of drug-likeness (QED) is 0.225. The highest BCUT2D eigenvalue weighted by molar-refractivity contribution is 6.39. The zero-order valence-electron chi connectivity index (χ0n) is 32.2. The van der Waals surface area contributed by atoms with Crippen molar-refractivity contribution in [3.63, 3.8) is 0 Å². The fraction of sp³-hybridized carbons (Fsp3) is 0.605. The molecule has 2 aliphatic rings. The van der Waals surface area contributed by atoms with Gasteiger partial charge < -0.3 is 34.7 Å². The number of amides is 2. The van der Waals surface area contributed by atoms with Crippen molar-refractivity contribution >= 4 is 69.5 Å². The van der Waals surface area contributed by atoms with Crippen LogP contribution in [0.2, 0.25) is 10.0 Å². The maximum absolute atomic E-state index is 14.3. The second-order valence-electron chi connectivity index (χ2n) is 15.4. The topological polar surface area (TPSA) is 181 Å². The number of methoxy groups -OCH3 is 1. The van der Waals surface area contributed by atoms with Gasteiger partial charge in [-0.2, -0.15) is 0 Å². The summed E-state index contributed by atoms with van der Waals surface area (Å²) in [5.41, 5.74) is 5.36. The van der Waals surface area contributed by atoms with E-state index < -0.39 is 47.2 Å². The summed E-state index contributed by atoms with van der Waals surface area (Å²) in [7, 11) is 1.65. The number of ketones is 1. The number of rotatable bonds is 8. The summed E-state index contributed by atoms with van der Waals surface area (Å²) in [5, 5.41) is 3.05. The number of nitrogens with zero attached hydrogens (tertiary/aromatic N) is 5. The van der Waals surface area contributed by atoms with Crippen LogP contribution in [0.4, 0.5) is 16.3 Å². The molecule has 2 aliphatic heterocycles. The zero-order chi connectivity index (χ0) is 39.7. The van der Waals surface area contributed by atoms with Gasteiger partial charge in [0.1, 0.15) is 17.4 Å². The molecule has 2 amide bonds. The Morgan fingerprint density at radius 2 is 1.72 bits per heavy atom. The first-order valence-electron chi connectivity index (χ1n) is 18.4. The average Bonchev–Trinajstić information content (AvgIpc) is 3.65. The van der Waals surface area contributed by atoms with Crippen molar-refractivity contribution < 1.29 is 33.4 Å². The van der Waals surface area contributed by atoms with Crippen LogP contribution in [0.25, 0.3) is 11.0 Å². The maximum Gasteiger partial charge on any atom is 0.410 e. The van der Waals surface area contributed by atoms with Gasteiger partial charge in [0.25, 0.3) is 5.91 Å². The van der Waals surface area contributed by atoms with E-state index in [1.54, 1.807) is 29.8 Å². The molecule has 8 unspecified atom stereocenters. The van der Waals surface area contributed by atoms with E-state index >= 15 is 0 Å². The first-order chi connectivity index (χ1) is 25.4. The largest absolute Gasteiger partial charge is 0.458 e. The Hall–Kier alpha value is -4.01. The minimum Gasteiger partial charge on any atom is -0.458 e. The number of halogens is 2. The number of Topliss-reactive ketones (excluding diaryl/α,β-unsaturated/α-hetero) is 1. The second-order valence-corrected chi connectivity index (χ2v) is 16.2. The van der Waals surface area contributed by atoms with Crippen molar-refractivity contribution in [1.82, 2.24) is 24.4 Å². The lowest BCUT2D eigenvalue weighted by atomic mass is 9.74. The first-order valence-corrected chi connectivity index (χ1v) is 19.2. The summed E-state index contributed by atoms with van der Waals surface area (Å²) in [6, 6.07) is -0.751. The number of anilines is 2. The molecule has 3 N–H and O–H groups in total. The van der Waals surface area contributed by atoms with E-state index in [2.05, 4.69) is 27.2 Å². The summed E-state index contributed by atoms with van der Waals surface area (Å²) in [4.78, 5) is 69.4. The average molecular weight is 789 g/mol. The van der Waals surface area contributed by atoms with Gasteiger partial charge in [-0.15, -0.1) is 0 Å². The van der Waals surface area contributed by atoms with Crippen LogP contribution in [0.1, 0.15) is 90.9 Å². The number of hydrogen-bond acceptors (Lipinski definition) is 11. The highest BCUT2D eigenvalue weighted by Gasteiger charge is 2.59. The monoisotopic (exact) mass is 787 g/mol. The van der Waals surface area contributed by atoms with Gasteiger partial charge in [-0.25, -0.2) is 14.8 Å². The van der Waals surface area contributed by atoms with Gasteiger partial charge in [0, 0.05) is 50.6 Å². The van der Waals surface area contributed by atoms with Gasteiger partial charge in [-0.05, 0) is 51.9 Å². The summed E-state index contributed by atoms with van der Waals surface area (Å²) >= 11 is 12.5. The highest BCUT2D eigenvalue weighted by Crippen LogP contribution is 2.42. The molecule has 5 rings (SSSR count). The molecule has 54 heavy (non-hydrogen) atoms. The lowest BCUT2D eigenvalue weighted by Crippen LogP contribution is -2.57. The molecule has 3 aromatic rings. The number of nitrogens with two attached hydrogens (primary N) is 1. The van der Waals surface area contributed by atoms with Crippen molar-refractivity contribution in [2.75, 3.05) is 24.7 Å². The van der Waals surface area contributed by atoms with E-state index in [-0.39, 0.29) is 57.2 Å². The molecule has 16 heteroatoms. The van der Waals surface area contributed by atoms with Crippen molar-refractivity contribution in [2.24, 2.45) is 23.7 Å². The predicted octanol–water partition coefficient (Wildman–Crippen LogP) is 6.96. The van der Waals surface area contributed by atoms with Crippen LogP contribution in [-0.2, 0) is 30.3 Å². The predicted molar refractivity (Wildman–Crippen MR) is 205 cm³/mol. The summed E-state index contributed by atoms with van der Waals surface area (Å²) in [6.45, 7) is 13.8. The van der Waals surface area contributed by atoms with Gasteiger partial charge in [0.05, 0.1) is 50.7 Å². The van der Waals surface area contributed by atoms with Crippen LogP contribution >= 0.6 is 23.2 Å². The number of nitrogens with one attached hydrogen (secondary N) is 1. The van der Waals surface area contributed by atoms with E-state index in [0.717, 1.165) is 0 Å². The Kier molecular flexibility index (Phi) is 12.5. The van der Waals surface area contributed by atoms with Crippen LogP contribution < -0.4 is 11.1 Å². The summed E-state index contributed by atoms with van der Waals surface area (Å²) in [5.74, 6) is -2.15. The molecule has 5 heterocycles. The molecule has 0 radical (unpaired) electrons. The molecular formula is C38H51Cl2N7O7. The number of imidazole rings is 1. The Bertz CT molecular complexity index is 1890. The van der Waals surface area contributed by atoms with Crippen LogP contribution in [0.15, 0.2) is 24.9 Å². The molecule has 294 valence electrons. The molecule has 0 bridgehead atoms. The number of aromatic nitrogens is 4. The fourth-order valence-electron chi connectivity index (χ4n) is 8.54. The SMILES string of the molecule is CCC1OC(=O)C(C)CC(C)CC(C)(OC)CC(C)C(=O)C(C)C2N(CCCn3cnc4c(N)ncc(C(=O)Nc5c(Cl)cncc5Cl)c43)C(=O)OC12C. The van der Waals surface area contributed by atoms with Crippen LogP contribution in [-0.4, -0.2) is 85.2 Å². The molecule has 2 fully saturated rings. The number of cyclic esters (lactones) is 1. The summed E-state index contributed by atoms with van der Waals surface area (Å²) < 4.78 is 20.0. The smallest absolute Gasteiger partial charge is 0.410 e. The number of hydrogen-bond donors (Lipinski definition) is 2. The second kappa shape index (κ2) is 16.4. The minimum absolute atomic E-state index is 0.0364. The number of nitrogen functional groups attached to an aromatic ring is 1. The van der Waals surface area contributed by atoms with Gasteiger partial charge in [0.15, 0.2) is 11.4 Å². The van der Waals surface area contributed by atoms with Crippen molar-refractivity contribution in [3.05, 3.63) is 40.5 Å². The first kappa shape index (κ1) is 41.2. The van der Waals surface area contributed by atoms with Gasteiger partial charge in [0.2, 0.25) is 0 Å². The van der Waals surface area contributed by atoms with E-state index in [4.69, 9.17) is 43.1 Å². The normalized spacial score (nSPS) is 29.7. The minimum atomic E-state index is -1.32. The number of esters is 1. The van der Waals surface area contributed by atoms with E-state index in [0.29, 0.717) is 49.7 Å². The number of aryl methyl sites for hydroxylation is 1. The molecule has 0 aliphatic carbocycles. The van der Waals surface area contributed by atoms with E-state index in [1.807, 2.05) is 34.6 Å². The van der Waals surface area contributed by atoms with Crippen LogP contribution in [0.3, 0.4) is 0 Å². The van der Waals surface area contributed by atoms with Gasteiger partial charge in [-0.3, -0.25) is 19.4 Å². The van der Waals surface area contributed by atoms with Crippen LogP contribution in [0, 0.1) is 23.7 Å². The third-order valence-electron chi connectivity index (χ3n) is 11.1. The Balaban J connectivity index is 1.45. The molecule has 0 saturated carbocycles. The Morgan fingerprint density at radius 3 is 2.37 bits per heavy atom. The van der Waals surface area contributed by atoms with Crippen LogP contribution in [0.5, 0.6) is 0 Å². The molecule has 0 aromatic carbocycles. The van der Waals surface area contributed by atoms with Gasteiger partial charge >= 0.3 is 12.1 Å². The third kappa shape index (κ3) is 8.16. The lowest BCUT2D eigenvalue weighted by molar-refractivity contribution is -0.170. The standard InChI is InChI=1S/C38H51Cl2N7O7/c1-9-27-38(7)32(23(5)31(48)22(4)15-37(6,52-8)14-20(2)13-21(3)35(50)53-27)47(36(51)54-38)12-10-11-46-19-44-29-30(46)24(16-43-33(29)41)34(49)45-28-25(39)17-42-18-26(28)40/h16-23,27,32H,9-15H2,1-8H3,(H2,41,43)(H,42,45,49). The number of pyridine rings is 2. The Morgan fingerprint density at radius 1 is 1.04 bits per heavy atom. The molecule has 3 aromatic heterocycles. The number of fused-ring (bicyclic) bond motifs is 2. The highest BCUT2D eigenvalue weighted by atomic mass is 35.5.